The Kier molecular flexibility index (Phi) is 2.91. The van der Waals surface area contributed by atoms with Gasteiger partial charge in [-0.3, -0.25) is 0 Å². The van der Waals surface area contributed by atoms with E-state index in [0.717, 1.165) is 31.4 Å². The van der Waals surface area contributed by atoms with Crippen LogP contribution in [0.2, 0.25) is 0 Å². The number of benzene rings is 1. The van der Waals surface area contributed by atoms with E-state index < -0.39 is 5.60 Å². The number of nitrogens with one attached hydrogen (secondary N) is 1. The Morgan fingerprint density at radius 1 is 1.33 bits per heavy atom. The highest BCUT2D eigenvalue weighted by molar-refractivity contribution is 5.43. The van der Waals surface area contributed by atoms with Gasteiger partial charge in [-0.05, 0) is 31.0 Å². The summed E-state index contributed by atoms with van der Waals surface area (Å²) in [5.74, 6) is -0.251. The first-order chi connectivity index (χ1) is 7.18. The van der Waals surface area contributed by atoms with Gasteiger partial charge in [-0.25, -0.2) is 4.39 Å². The van der Waals surface area contributed by atoms with E-state index >= 15 is 0 Å². The van der Waals surface area contributed by atoms with Crippen LogP contribution < -0.4 is 5.32 Å². The van der Waals surface area contributed by atoms with Gasteiger partial charge in [0.1, 0.15) is 5.82 Å². The molecule has 0 aliphatic heterocycles. The molecule has 0 heterocycles. The molecule has 1 aromatic rings. The summed E-state index contributed by atoms with van der Waals surface area (Å²) in [6, 6.07) is 6.32. The van der Waals surface area contributed by atoms with E-state index in [9.17, 15) is 9.50 Å². The van der Waals surface area contributed by atoms with Crippen LogP contribution in [0.4, 0.5) is 10.1 Å². The van der Waals surface area contributed by atoms with Crippen molar-refractivity contribution in [3.05, 3.63) is 30.1 Å². The quantitative estimate of drug-likeness (QED) is 0.801. The van der Waals surface area contributed by atoms with Gasteiger partial charge in [-0.15, -0.1) is 0 Å². The topological polar surface area (TPSA) is 32.3 Å². The second-order valence-electron chi connectivity index (χ2n) is 4.30. The molecule has 2 nitrogen and oxygen atoms in total. The lowest BCUT2D eigenvalue weighted by Crippen LogP contribution is -2.33. The zero-order chi connectivity index (χ0) is 10.7. The highest BCUT2D eigenvalue weighted by Gasteiger charge is 2.30. The molecule has 2 N–H and O–H groups in total. The molecule has 2 rings (SSSR count). The summed E-state index contributed by atoms with van der Waals surface area (Å²) in [6.07, 6.45) is 3.85. The molecular weight excluding hydrogens is 193 g/mol. The lowest BCUT2D eigenvalue weighted by atomic mass is 10.0. The van der Waals surface area contributed by atoms with Gasteiger partial charge in [-0.2, -0.15) is 0 Å². The Morgan fingerprint density at radius 3 is 2.73 bits per heavy atom. The number of hydrogen-bond acceptors (Lipinski definition) is 2. The third-order valence-electron chi connectivity index (χ3n) is 2.98. The minimum Gasteiger partial charge on any atom is -0.388 e. The fraction of sp³-hybridized carbons (Fsp3) is 0.500. The molecule has 0 spiro atoms. The van der Waals surface area contributed by atoms with Crippen LogP contribution in [0.25, 0.3) is 0 Å². The molecule has 0 radical (unpaired) electrons. The number of rotatable bonds is 3. The smallest absolute Gasteiger partial charge is 0.125 e. The van der Waals surface area contributed by atoms with Crippen molar-refractivity contribution in [3.8, 4) is 0 Å². The van der Waals surface area contributed by atoms with Gasteiger partial charge in [0.2, 0.25) is 0 Å². The van der Waals surface area contributed by atoms with Gasteiger partial charge in [0.25, 0.3) is 0 Å². The molecule has 82 valence electrons. The molecular formula is C12H16FNO. The number of anilines is 1. The molecule has 0 bridgehead atoms. The van der Waals surface area contributed by atoms with Crippen LogP contribution in [0, 0.1) is 5.82 Å². The highest BCUT2D eigenvalue weighted by atomic mass is 19.1. The summed E-state index contributed by atoms with van der Waals surface area (Å²) >= 11 is 0. The summed E-state index contributed by atoms with van der Waals surface area (Å²) < 4.78 is 12.9. The Bertz CT molecular complexity index is 334. The van der Waals surface area contributed by atoms with Crippen LogP contribution in [-0.2, 0) is 0 Å². The second-order valence-corrected chi connectivity index (χ2v) is 4.30. The number of halogens is 1. The van der Waals surface area contributed by atoms with Crippen molar-refractivity contribution in [2.45, 2.75) is 31.3 Å². The lowest BCUT2D eigenvalue weighted by Gasteiger charge is -2.22. The van der Waals surface area contributed by atoms with Gasteiger partial charge < -0.3 is 10.4 Å². The lowest BCUT2D eigenvalue weighted by molar-refractivity contribution is 0.0614. The first kappa shape index (κ1) is 10.4. The first-order valence-corrected chi connectivity index (χ1v) is 5.40. The molecule has 0 amide bonds. The monoisotopic (exact) mass is 209 g/mol. The molecule has 1 aliphatic rings. The van der Waals surface area contributed by atoms with E-state index in [4.69, 9.17) is 0 Å². The van der Waals surface area contributed by atoms with E-state index in [0.29, 0.717) is 6.54 Å². The van der Waals surface area contributed by atoms with Crippen molar-refractivity contribution < 1.29 is 9.50 Å². The maximum absolute atomic E-state index is 12.9. The van der Waals surface area contributed by atoms with Crippen molar-refractivity contribution in [1.29, 1.82) is 0 Å². The van der Waals surface area contributed by atoms with Crippen molar-refractivity contribution in [2.24, 2.45) is 0 Å². The first-order valence-electron chi connectivity index (χ1n) is 5.40. The highest BCUT2D eigenvalue weighted by Crippen LogP contribution is 2.29. The van der Waals surface area contributed by atoms with Crippen molar-refractivity contribution in [3.63, 3.8) is 0 Å². The summed E-state index contributed by atoms with van der Waals surface area (Å²) in [4.78, 5) is 0. The molecule has 0 saturated heterocycles. The van der Waals surface area contributed by atoms with Crippen LogP contribution in [-0.4, -0.2) is 17.3 Å². The van der Waals surface area contributed by atoms with Crippen molar-refractivity contribution in [1.82, 2.24) is 0 Å². The minimum absolute atomic E-state index is 0.251. The average Bonchev–Trinajstić information content (AvgIpc) is 2.63. The van der Waals surface area contributed by atoms with Gasteiger partial charge in [0, 0.05) is 12.2 Å². The zero-order valence-corrected chi connectivity index (χ0v) is 8.67. The number of hydrogen-bond donors (Lipinski definition) is 2. The fourth-order valence-corrected chi connectivity index (χ4v) is 2.07. The molecule has 1 aliphatic carbocycles. The molecule has 0 unspecified atom stereocenters. The standard InChI is InChI=1S/C12H16FNO/c13-10-4-3-5-11(8-10)14-9-12(15)6-1-2-7-12/h3-5,8,14-15H,1-2,6-7,9H2. The van der Waals surface area contributed by atoms with E-state index in [-0.39, 0.29) is 5.82 Å². The summed E-state index contributed by atoms with van der Waals surface area (Å²) in [7, 11) is 0. The molecule has 15 heavy (non-hydrogen) atoms. The van der Waals surface area contributed by atoms with E-state index in [1.165, 1.54) is 12.1 Å². The van der Waals surface area contributed by atoms with Crippen molar-refractivity contribution in [2.75, 3.05) is 11.9 Å². The number of aliphatic hydroxyl groups is 1. The van der Waals surface area contributed by atoms with Crippen LogP contribution in [0.5, 0.6) is 0 Å². The average molecular weight is 209 g/mol. The Hall–Kier alpha value is -1.09. The van der Waals surface area contributed by atoms with E-state index in [1.54, 1.807) is 12.1 Å². The van der Waals surface area contributed by atoms with Crippen LogP contribution in [0.15, 0.2) is 24.3 Å². The molecule has 0 atom stereocenters. The fourth-order valence-electron chi connectivity index (χ4n) is 2.07. The van der Waals surface area contributed by atoms with E-state index in [2.05, 4.69) is 5.32 Å². The predicted octanol–water partition coefficient (Wildman–Crippen LogP) is 2.54. The van der Waals surface area contributed by atoms with Gasteiger partial charge in [-0.1, -0.05) is 18.9 Å². The van der Waals surface area contributed by atoms with Crippen molar-refractivity contribution >= 4 is 5.69 Å². The van der Waals surface area contributed by atoms with Crippen LogP contribution >= 0.6 is 0 Å². The van der Waals surface area contributed by atoms with Crippen LogP contribution in [0.3, 0.4) is 0 Å². The van der Waals surface area contributed by atoms with Crippen LogP contribution in [0.1, 0.15) is 25.7 Å². The summed E-state index contributed by atoms with van der Waals surface area (Å²) in [6.45, 7) is 0.510. The van der Waals surface area contributed by atoms with Gasteiger partial charge in [0.15, 0.2) is 0 Å². The molecule has 0 aromatic heterocycles. The zero-order valence-electron chi connectivity index (χ0n) is 8.67. The molecule has 3 heteroatoms. The Labute approximate surface area is 89.1 Å². The Morgan fingerprint density at radius 2 is 2.07 bits per heavy atom. The largest absolute Gasteiger partial charge is 0.388 e. The van der Waals surface area contributed by atoms with Gasteiger partial charge in [0.05, 0.1) is 5.60 Å². The third kappa shape index (κ3) is 2.69. The SMILES string of the molecule is OC1(CNc2cccc(F)c2)CCCC1. The van der Waals surface area contributed by atoms with E-state index in [1.807, 2.05) is 0 Å². The second kappa shape index (κ2) is 4.19. The van der Waals surface area contributed by atoms with Gasteiger partial charge >= 0.3 is 0 Å². The normalized spacial score (nSPS) is 19.1. The Balaban J connectivity index is 1.92. The summed E-state index contributed by atoms with van der Waals surface area (Å²) in [5, 5.41) is 13.1. The predicted molar refractivity (Wildman–Crippen MR) is 58.3 cm³/mol. The maximum Gasteiger partial charge on any atom is 0.125 e. The molecule has 1 saturated carbocycles. The maximum atomic E-state index is 12.9. The summed E-state index contributed by atoms with van der Waals surface area (Å²) in [5.41, 5.74) is 0.141. The molecule has 1 fully saturated rings. The third-order valence-corrected chi connectivity index (χ3v) is 2.98. The molecule has 1 aromatic carbocycles. The minimum atomic E-state index is -0.591.